The maximum atomic E-state index is 12.7. The van der Waals surface area contributed by atoms with Crippen LogP contribution in [0.4, 0.5) is 4.39 Å². The molecule has 0 aliphatic carbocycles. The van der Waals surface area contributed by atoms with E-state index in [0.29, 0.717) is 28.3 Å². The van der Waals surface area contributed by atoms with Crippen LogP contribution in [-0.2, 0) is 6.67 Å². The number of ether oxygens (including phenoxy) is 3. The van der Waals surface area contributed by atoms with Crippen molar-refractivity contribution in [1.82, 2.24) is 9.97 Å². The van der Waals surface area contributed by atoms with Gasteiger partial charge in [-0.25, -0.2) is 9.37 Å². The zero-order valence-electron chi connectivity index (χ0n) is 10.4. The number of hydrogen-bond donors (Lipinski definition) is 0. The second-order valence-electron chi connectivity index (χ2n) is 3.51. The summed E-state index contributed by atoms with van der Waals surface area (Å²) < 4.78 is 28.2. The van der Waals surface area contributed by atoms with Gasteiger partial charge in [-0.15, -0.1) is 0 Å². The lowest BCUT2D eigenvalue weighted by molar-refractivity contribution is 0.355. The zero-order valence-corrected chi connectivity index (χ0v) is 10.4. The number of benzene rings is 1. The standard InChI is InChI=1S/C12H13FN2O3/c1-16-9-4-7-8(5-10(9)17-2)14-11(6-13)15-12(7)18-3/h4-5H,6H2,1-3H3. The molecule has 6 heteroatoms. The molecule has 96 valence electrons. The van der Waals surface area contributed by atoms with Crippen LogP contribution in [0.5, 0.6) is 17.4 Å². The maximum Gasteiger partial charge on any atom is 0.224 e. The van der Waals surface area contributed by atoms with Gasteiger partial charge in [0.25, 0.3) is 0 Å². The van der Waals surface area contributed by atoms with E-state index in [1.807, 2.05) is 0 Å². The summed E-state index contributed by atoms with van der Waals surface area (Å²) in [6.07, 6.45) is 0. The van der Waals surface area contributed by atoms with Crippen molar-refractivity contribution < 1.29 is 18.6 Å². The van der Waals surface area contributed by atoms with Crippen LogP contribution in [0.2, 0.25) is 0 Å². The van der Waals surface area contributed by atoms with Gasteiger partial charge in [0.1, 0.15) is 6.67 Å². The molecule has 0 amide bonds. The van der Waals surface area contributed by atoms with Crippen molar-refractivity contribution in [3.63, 3.8) is 0 Å². The lowest BCUT2D eigenvalue weighted by Crippen LogP contribution is -1.99. The van der Waals surface area contributed by atoms with Gasteiger partial charge in [-0.1, -0.05) is 0 Å². The lowest BCUT2D eigenvalue weighted by atomic mass is 10.2. The quantitative estimate of drug-likeness (QED) is 0.834. The Morgan fingerprint density at radius 1 is 1.00 bits per heavy atom. The van der Waals surface area contributed by atoms with E-state index in [1.165, 1.54) is 21.3 Å². The SMILES string of the molecule is COc1cc2nc(CF)nc(OC)c2cc1OC. The summed E-state index contributed by atoms with van der Waals surface area (Å²) in [5.41, 5.74) is 0.548. The molecule has 2 rings (SSSR count). The number of aromatic nitrogens is 2. The van der Waals surface area contributed by atoms with Gasteiger partial charge in [0.2, 0.25) is 5.88 Å². The molecule has 1 heterocycles. The predicted molar refractivity (Wildman–Crippen MR) is 64.0 cm³/mol. The molecule has 5 nitrogen and oxygen atoms in total. The first kappa shape index (κ1) is 12.3. The Kier molecular flexibility index (Phi) is 3.45. The zero-order chi connectivity index (χ0) is 13.1. The summed E-state index contributed by atoms with van der Waals surface area (Å²) in [7, 11) is 4.53. The van der Waals surface area contributed by atoms with Crippen LogP contribution in [0.15, 0.2) is 12.1 Å². The van der Waals surface area contributed by atoms with Gasteiger partial charge in [0.05, 0.1) is 32.2 Å². The number of halogens is 1. The molecule has 18 heavy (non-hydrogen) atoms. The molecular weight excluding hydrogens is 239 g/mol. The van der Waals surface area contributed by atoms with Crippen LogP contribution in [-0.4, -0.2) is 31.3 Å². The first-order chi connectivity index (χ1) is 8.73. The molecule has 1 aromatic carbocycles. The molecule has 0 bridgehead atoms. The van der Waals surface area contributed by atoms with E-state index >= 15 is 0 Å². The molecule has 0 aliphatic heterocycles. The Morgan fingerprint density at radius 3 is 2.22 bits per heavy atom. The Morgan fingerprint density at radius 2 is 1.67 bits per heavy atom. The summed E-state index contributed by atoms with van der Waals surface area (Å²) in [6, 6.07) is 3.37. The third kappa shape index (κ3) is 2.01. The maximum absolute atomic E-state index is 12.7. The van der Waals surface area contributed by atoms with E-state index in [9.17, 15) is 4.39 Å². The smallest absolute Gasteiger partial charge is 0.224 e. The fourth-order valence-electron chi connectivity index (χ4n) is 1.69. The molecule has 0 saturated carbocycles. The highest BCUT2D eigenvalue weighted by Gasteiger charge is 2.13. The minimum absolute atomic E-state index is 0.0755. The molecule has 0 fully saturated rings. The third-order valence-corrected chi connectivity index (χ3v) is 2.53. The van der Waals surface area contributed by atoms with Crippen molar-refractivity contribution in [3.05, 3.63) is 18.0 Å². The average molecular weight is 252 g/mol. The summed E-state index contributed by atoms with van der Waals surface area (Å²) in [4.78, 5) is 8.05. The number of fused-ring (bicyclic) bond motifs is 1. The molecule has 0 N–H and O–H groups in total. The van der Waals surface area contributed by atoms with Gasteiger partial charge in [0, 0.05) is 6.07 Å². The summed E-state index contributed by atoms with van der Waals surface area (Å²) in [5.74, 6) is 1.45. The molecule has 0 spiro atoms. The highest BCUT2D eigenvalue weighted by Crippen LogP contribution is 2.34. The second-order valence-corrected chi connectivity index (χ2v) is 3.51. The van der Waals surface area contributed by atoms with Crippen molar-refractivity contribution in [1.29, 1.82) is 0 Å². The number of rotatable bonds is 4. The molecular formula is C12H13FN2O3. The fourth-order valence-corrected chi connectivity index (χ4v) is 1.69. The summed E-state index contributed by atoms with van der Waals surface area (Å²) in [5, 5.41) is 0.646. The minimum atomic E-state index is -0.749. The molecule has 1 aromatic heterocycles. The topological polar surface area (TPSA) is 53.5 Å². The Labute approximate surface area is 104 Å². The van der Waals surface area contributed by atoms with E-state index < -0.39 is 6.67 Å². The van der Waals surface area contributed by atoms with E-state index in [-0.39, 0.29) is 5.82 Å². The van der Waals surface area contributed by atoms with Crippen LogP contribution in [0.3, 0.4) is 0 Å². The van der Waals surface area contributed by atoms with Gasteiger partial charge in [-0.2, -0.15) is 4.98 Å². The monoisotopic (exact) mass is 252 g/mol. The highest BCUT2D eigenvalue weighted by molar-refractivity contribution is 5.87. The molecule has 0 saturated heterocycles. The van der Waals surface area contributed by atoms with Crippen molar-refractivity contribution in [3.8, 4) is 17.4 Å². The van der Waals surface area contributed by atoms with Crippen molar-refractivity contribution >= 4 is 10.9 Å². The Bertz CT molecular complexity index is 575. The molecule has 0 radical (unpaired) electrons. The average Bonchev–Trinajstić information content (AvgIpc) is 2.44. The van der Waals surface area contributed by atoms with Gasteiger partial charge in [-0.3, -0.25) is 0 Å². The van der Waals surface area contributed by atoms with Crippen LogP contribution >= 0.6 is 0 Å². The van der Waals surface area contributed by atoms with Crippen LogP contribution in [0.25, 0.3) is 10.9 Å². The fraction of sp³-hybridized carbons (Fsp3) is 0.333. The second kappa shape index (κ2) is 5.03. The summed E-state index contributed by atoms with van der Waals surface area (Å²) >= 11 is 0. The molecule has 0 unspecified atom stereocenters. The minimum Gasteiger partial charge on any atom is -0.493 e. The van der Waals surface area contributed by atoms with Gasteiger partial charge in [0.15, 0.2) is 17.3 Å². The van der Waals surface area contributed by atoms with Crippen molar-refractivity contribution in [2.24, 2.45) is 0 Å². The molecule has 0 aliphatic rings. The molecule has 2 aromatic rings. The van der Waals surface area contributed by atoms with Gasteiger partial charge in [-0.05, 0) is 6.07 Å². The van der Waals surface area contributed by atoms with Crippen molar-refractivity contribution in [2.75, 3.05) is 21.3 Å². The van der Waals surface area contributed by atoms with Crippen LogP contribution < -0.4 is 14.2 Å². The number of alkyl halides is 1. The Balaban J connectivity index is 2.74. The van der Waals surface area contributed by atoms with Gasteiger partial charge >= 0.3 is 0 Å². The summed E-state index contributed by atoms with van der Waals surface area (Å²) in [6.45, 7) is -0.749. The predicted octanol–water partition coefficient (Wildman–Crippen LogP) is 2.13. The first-order valence-electron chi connectivity index (χ1n) is 5.26. The van der Waals surface area contributed by atoms with E-state index in [0.717, 1.165) is 0 Å². The van der Waals surface area contributed by atoms with Crippen LogP contribution in [0, 0.1) is 0 Å². The van der Waals surface area contributed by atoms with E-state index in [4.69, 9.17) is 14.2 Å². The number of hydrogen-bond acceptors (Lipinski definition) is 5. The van der Waals surface area contributed by atoms with Crippen molar-refractivity contribution in [2.45, 2.75) is 6.67 Å². The van der Waals surface area contributed by atoms with Gasteiger partial charge < -0.3 is 14.2 Å². The highest BCUT2D eigenvalue weighted by atomic mass is 19.1. The number of methoxy groups -OCH3 is 3. The third-order valence-electron chi connectivity index (χ3n) is 2.53. The normalized spacial score (nSPS) is 10.4. The Hall–Kier alpha value is -2.11. The molecule has 0 atom stereocenters. The van der Waals surface area contributed by atoms with Crippen LogP contribution in [0.1, 0.15) is 5.82 Å². The number of nitrogens with zero attached hydrogens (tertiary/aromatic N) is 2. The lowest BCUT2D eigenvalue weighted by Gasteiger charge is -2.11. The largest absolute Gasteiger partial charge is 0.493 e. The van der Waals surface area contributed by atoms with E-state index in [1.54, 1.807) is 12.1 Å². The van der Waals surface area contributed by atoms with E-state index in [2.05, 4.69) is 9.97 Å². The first-order valence-corrected chi connectivity index (χ1v) is 5.26.